The van der Waals surface area contributed by atoms with Crippen LogP contribution in [0, 0.1) is 5.41 Å². The molecule has 1 aliphatic heterocycles. The first-order chi connectivity index (χ1) is 7.57. The fourth-order valence-electron chi connectivity index (χ4n) is 1.99. The van der Waals surface area contributed by atoms with Gasteiger partial charge in [-0.3, -0.25) is 4.99 Å². The van der Waals surface area contributed by atoms with E-state index >= 15 is 0 Å². The minimum absolute atomic E-state index is 0.391. The van der Waals surface area contributed by atoms with Gasteiger partial charge in [0.05, 0.1) is 6.04 Å². The van der Waals surface area contributed by atoms with Gasteiger partial charge in [0.1, 0.15) is 0 Å². The van der Waals surface area contributed by atoms with Crippen molar-refractivity contribution in [2.45, 2.75) is 53.0 Å². The molecule has 0 aromatic carbocycles. The first-order valence-electron chi connectivity index (χ1n) is 6.48. The average Bonchev–Trinajstić information content (AvgIpc) is 2.26. The van der Waals surface area contributed by atoms with E-state index in [1.807, 2.05) is 13.1 Å². The fourth-order valence-corrected chi connectivity index (χ4v) is 1.99. The Morgan fingerprint density at radius 2 is 2.25 bits per heavy atom. The molecular weight excluding hydrogens is 196 g/mol. The molecule has 0 aromatic rings. The van der Waals surface area contributed by atoms with E-state index in [1.54, 1.807) is 0 Å². The van der Waals surface area contributed by atoms with Gasteiger partial charge in [-0.1, -0.05) is 26.8 Å². The highest BCUT2D eigenvalue weighted by atomic mass is 15.1. The molecule has 0 radical (unpaired) electrons. The predicted molar refractivity (Wildman–Crippen MR) is 72.0 cm³/mol. The lowest BCUT2D eigenvalue weighted by atomic mass is 9.87. The zero-order chi connectivity index (χ0) is 12.0. The van der Waals surface area contributed by atoms with Crippen LogP contribution in [0.1, 0.15) is 47.0 Å². The molecule has 0 aliphatic carbocycles. The van der Waals surface area contributed by atoms with E-state index < -0.39 is 0 Å². The van der Waals surface area contributed by atoms with Crippen molar-refractivity contribution in [2.24, 2.45) is 10.4 Å². The molecule has 1 aliphatic rings. The lowest BCUT2D eigenvalue weighted by molar-refractivity contribution is 0.269. The monoisotopic (exact) mass is 222 g/mol. The summed E-state index contributed by atoms with van der Waals surface area (Å²) in [4.78, 5) is 6.91. The van der Waals surface area contributed by atoms with Crippen LogP contribution >= 0.6 is 0 Å². The van der Waals surface area contributed by atoms with Crippen molar-refractivity contribution in [3.05, 3.63) is 12.3 Å². The Hall–Kier alpha value is -0.790. The topological polar surface area (TPSA) is 15.6 Å². The van der Waals surface area contributed by atoms with Gasteiger partial charge >= 0.3 is 0 Å². The van der Waals surface area contributed by atoms with Crippen LogP contribution < -0.4 is 0 Å². The zero-order valence-electron chi connectivity index (χ0n) is 11.2. The van der Waals surface area contributed by atoms with Gasteiger partial charge in [-0.2, -0.15) is 0 Å². The lowest BCUT2D eigenvalue weighted by Gasteiger charge is -2.32. The Morgan fingerprint density at radius 3 is 2.75 bits per heavy atom. The van der Waals surface area contributed by atoms with Crippen molar-refractivity contribution in [1.82, 2.24) is 4.90 Å². The SMILES string of the molecule is CC=NC(CC)CCN1C=CC(C)(C)CC1. The molecule has 1 unspecified atom stereocenters. The van der Waals surface area contributed by atoms with Gasteiger partial charge < -0.3 is 4.90 Å². The molecule has 2 heteroatoms. The van der Waals surface area contributed by atoms with Crippen molar-refractivity contribution in [3.63, 3.8) is 0 Å². The molecule has 0 amide bonds. The number of aliphatic imine (C=N–C) groups is 1. The van der Waals surface area contributed by atoms with Crippen LogP contribution in [0.2, 0.25) is 0 Å². The van der Waals surface area contributed by atoms with Crippen LogP contribution in [0.4, 0.5) is 0 Å². The van der Waals surface area contributed by atoms with Crippen LogP contribution in [-0.2, 0) is 0 Å². The smallest absolute Gasteiger partial charge is 0.0509 e. The van der Waals surface area contributed by atoms with Crippen LogP contribution in [0.15, 0.2) is 17.3 Å². The van der Waals surface area contributed by atoms with Crippen molar-refractivity contribution in [3.8, 4) is 0 Å². The highest BCUT2D eigenvalue weighted by molar-refractivity contribution is 5.53. The summed E-state index contributed by atoms with van der Waals surface area (Å²) in [5.74, 6) is 0. The first kappa shape index (κ1) is 13.3. The van der Waals surface area contributed by atoms with E-state index in [4.69, 9.17) is 0 Å². The van der Waals surface area contributed by atoms with Crippen molar-refractivity contribution in [1.29, 1.82) is 0 Å². The highest BCUT2D eigenvalue weighted by Gasteiger charge is 2.19. The van der Waals surface area contributed by atoms with Gasteiger partial charge in [0.2, 0.25) is 0 Å². The van der Waals surface area contributed by atoms with Gasteiger partial charge in [-0.05, 0) is 44.0 Å². The molecule has 0 bridgehead atoms. The number of hydrogen-bond acceptors (Lipinski definition) is 2. The number of rotatable bonds is 5. The number of hydrogen-bond donors (Lipinski definition) is 0. The van der Waals surface area contributed by atoms with Gasteiger partial charge in [-0.15, -0.1) is 0 Å². The van der Waals surface area contributed by atoms with Crippen molar-refractivity contribution < 1.29 is 0 Å². The van der Waals surface area contributed by atoms with Crippen LogP contribution in [0.3, 0.4) is 0 Å². The molecule has 0 spiro atoms. The molecule has 1 rings (SSSR count). The van der Waals surface area contributed by atoms with E-state index in [0.29, 0.717) is 11.5 Å². The van der Waals surface area contributed by atoms with E-state index in [0.717, 1.165) is 13.0 Å². The Balaban J connectivity index is 2.34. The van der Waals surface area contributed by atoms with E-state index in [-0.39, 0.29) is 0 Å². The molecular formula is C14H26N2. The summed E-state index contributed by atoms with van der Waals surface area (Å²) >= 11 is 0. The zero-order valence-corrected chi connectivity index (χ0v) is 11.2. The Morgan fingerprint density at radius 1 is 1.50 bits per heavy atom. The molecule has 0 fully saturated rings. The van der Waals surface area contributed by atoms with Gasteiger partial charge in [0.25, 0.3) is 0 Å². The molecule has 0 saturated heterocycles. The van der Waals surface area contributed by atoms with Gasteiger partial charge in [-0.25, -0.2) is 0 Å². The van der Waals surface area contributed by atoms with Gasteiger partial charge in [0, 0.05) is 13.1 Å². The maximum Gasteiger partial charge on any atom is 0.0509 e. The van der Waals surface area contributed by atoms with Crippen LogP contribution in [-0.4, -0.2) is 30.2 Å². The molecule has 16 heavy (non-hydrogen) atoms. The second-order valence-electron chi connectivity index (χ2n) is 5.35. The number of nitrogens with zero attached hydrogens (tertiary/aromatic N) is 2. The molecule has 1 atom stereocenters. The van der Waals surface area contributed by atoms with Crippen LogP contribution in [0.25, 0.3) is 0 Å². The van der Waals surface area contributed by atoms with Crippen molar-refractivity contribution in [2.75, 3.05) is 13.1 Å². The largest absolute Gasteiger partial charge is 0.378 e. The third kappa shape index (κ3) is 4.38. The summed E-state index contributed by atoms with van der Waals surface area (Å²) in [6.07, 6.45) is 10.1. The maximum absolute atomic E-state index is 4.48. The minimum atomic E-state index is 0.391. The molecule has 92 valence electrons. The molecule has 2 nitrogen and oxygen atoms in total. The lowest BCUT2D eigenvalue weighted by Crippen LogP contribution is -2.30. The Labute approximate surface area is 100 Å². The highest BCUT2D eigenvalue weighted by Crippen LogP contribution is 2.26. The fraction of sp³-hybridized carbons (Fsp3) is 0.786. The predicted octanol–water partition coefficient (Wildman–Crippen LogP) is 3.49. The maximum atomic E-state index is 4.48. The third-order valence-electron chi connectivity index (χ3n) is 3.36. The standard InChI is InChI=1S/C14H26N2/c1-5-13(15-6-2)7-10-16-11-8-14(3,4)9-12-16/h6,8,11,13H,5,7,9-10,12H2,1-4H3. The van der Waals surface area contributed by atoms with Crippen LogP contribution in [0.5, 0.6) is 0 Å². The Kier molecular flexibility index (Phi) is 5.04. The van der Waals surface area contributed by atoms with E-state index in [1.165, 1.54) is 19.4 Å². The summed E-state index contributed by atoms with van der Waals surface area (Å²) < 4.78 is 0. The normalized spacial score (nSPS) is 21.6. The quantitative estimate of drug-likeness (QED) is 0.650. The molecule has 0 aromatic heterocycles. The van der Waals surface area contributed by atoms with E-state index in [2.05, 4.69) is 42.9 Å². The summed E-state index contributed by atoms with van der Waals surface area (Å²) in [6.45, 7) is 11.2. The van der Waals surface area contributed by atoms with Gasteiger partial charge in [0.15, 0.2) is 0 Å². The summed E-state index contributed by atoms with van der Waals surface area (Å²) in [5, 5.41) is 0. The molecule has 0 N–H and O–H groups in total. The first-order valence-corrected chi connectivity index (χ1v) is 6.48. The summed E-state index contributed by atoms with van der Waals surface area (Å²) in [7, 11) is 0. The second-order valence-corrected chi connectivity index (χ2v) is 5.35. The minimum Gasteiger partial charge on any atom is -0.378 e. The number of allylic oxidation sites excluding steroid dienone is 1. The summed E-state index contributed by atoms with van der Waals surface area (Å²) in [6, 6.07) is 0.508. The Bertz CT molecular complexity index is 253. The third-order valence-corrected chi connectivity index (χ3v) is 3.36. The molecule has 0 saturated carbocycles. The van der Waals surface area contributed by atoms with Crippen molar-refractivity contribution >= 4 is 6.21 Å². The summed E-state index contributed by atoms with van der Waals surface area (Å²) in [5.41, 5.74) is 0.391. The van der Waals surface area contributed by atoms with E-state index in [9.17, 15) is 0 Å². The molecule has 1 heterocycles. The second kappa shape index (κ2) is 6.07. The average molecular weight is 222 g/mol.